The first-order chi connectivity index (χ1) is 7.60. The standard InChI is InChI=1S/C12H24N2O2/c1-3-4-10(13)7-12(16)14-6-5-9(2)11(14)8-15/h9-11,15H,3-8,13H2,1-2H3. The summed E-state index contributed by atoms with van der Waals surface area (Å²) in [6.45, 7) is 4.99. The minimum atomic E-state index is -0.0345. The minimum absolute atomic E-state index is 0.00123. The van der Waals surface area contributed by atoms with Gasteiger partial charge < -0.3 is 15.7 Å². The molecule has 0 aromatic heterocycles. The predicted octanol–water partition coefficient (Wildman–Crippen LogP) is 0.733. The van der Waals surface area contributed by atoms with Crippen LogP contribution in [0.25, 0.3) is 0 Å². The Bertz CT molecular complexity index is 233. The van der Waals surface area contributed by atoms with Gasteiger partial charge in [-0.2, -0.15) is 0 Å². The number of hydrogen-bond donors (Lipinski definition) is 2. The highest BCUT2D eigenvalue weighted by atomic mass is 16.3. The second-order valence-electron chi connectivity index (χ2n) is 4.86. The SMILES string of the molecule is CCCC(N)CC(=O)N1CCC(C)C1CO. The Morgan fingerprint density at radius 2 is 2.31 bits per heavy atom. The van der Waals surface area contributed by atoms with Crippen molar-refractivity contribution in [3.63, 3.8) is 0 Å². The van der Waals surface area contributed by atoms with Crippen molar-refractivity contribution in [3.8, 4) is 0 Å². The highest BCUT2D eigenvalue weighted by molar-refractivity contribution is 5.77. The second-order valence-corrected chi connectivity index (χ2v) is 4.86. The van der Waals surface area contributed by atoms with Gasteiger partial charge >= 0.3 is 0 Å². The molecule has 1 fully saturated rings. The first-order valence-electron chi connectivity index (χ1n) is 6.26. The lowest BCUT2D eigenvalue weighted by Crippen LogP contribution is -2.42. The van der Waals surface area contributed by atoms with Crippen molar-refractivity contribution in [3.05, 3.63) is 0 Å². The Balaban J connectivity index is 2.47. The summed E-state index contributed by atoms with van der Waals surface area (Å²) < 4.78 is 0. The van der Waals surface area contributed by atoms with E-state index in [1.54, 1.807) is 4.90 Å². The summed E-state index contributed by atoms with van der Waals surface area (Å²) in [5.74, 6) is 0.501. The molecular formula is C12H24N2O2. The monoisotopic (exact) mass is 228 g/mol. The van der Waals surface area contributed by atoms with Crippen LogP contribution in [0.3, 0.4) is 0 Å². The third-order valence-electron chi connectivity index (χ3n) is 3.49. The highest BCUT2D eigenvalue weighted by Gasteiger charge is 2.33. The normalized spacial score (nSPS) is 27.1. The number of amides is 1. The number of rotatable bonds is 5. The molecule has 4 heteroatoms. The van der Waals surface area contributed by atoms with Gasteiger partial charge in [-0.3, -0.25) is 4.79 Å². The van der Waals surface area contributed by atoms with E-state index in [1.165, 1.54) is 0 Å². The molecule has 1 heterocycles. The van der Waals surface area contributed by atoms with E-state index in [9.17, 15) is 9.90 Å². The number of carbonyl (C=O) groups is 1. The van der Waals surface area contributed by atoms with E-state index in [-0.39, 0.29) is 24.6 Å². The number of carbonyl (C=O) groups excluding carboxylic acids is 1. The molecule has 0 aromatic rings. The van der Waals surface area contributed by atoms with Crippen molar-refractivity contribution in [1.29, 1.82) is 0 Å². The predicted molar refractivity (Wildman–Crippen MR) is 63.9 cm³/mol. The molecule has 1 aliphatic rings. The minimum Gasteiger partial charge on any atom is -0.394 e. The van der Waals surface area contributed by atoms with Crippen LogP contribution >= 0.6 is 0 Å². The van der Waals surface area contributed by atoms with Crippen molar-refractivity contribution >= 4 is 5.91 Å². The molecule has 1 aliphatic heterocycles. The van der Waals surface area contributed by atoms with E-state index < -0.39 is 0 Å². The summed E-state index contributed by atoms with van der Waals surface area (Å²) in [5, 5.41) is 9.27. The zero-order valence-corrected chi connectivity index (χ0v) is 10.4. The molecule has 94 valence electrons. The quantitative estimate of drug-likeness (QED) is 0.729. The lowest BCUT2D eigenvalue weighted by Gasteiger charge is -2.26. The third kappa shape index (κ3) is 3.19. The average Bonchev–Trinajstić information content (AvgIpc) is 2.59. The van der Waals surface area contributed by atoms with Gasteiger partial charge in [0.1, 0.15) is 0 Å². The van der Waals surface area contributed by atoms with Gasteiger partial charge in [0.2, 0.25) is 5.91 Å². The van der Waals surface area contributed by atoms with Crippen LogP contribution in [0.2, 0.25) is 0 Å². The number of aliphatic hydroxyl groups is 1. The molecule has 4 nitrogen and oxygen atoms in total. The van der Waals surface area contributed by atoms with Crippen LogP contribution in [0, 0.1) is 5.92 Å². The smallest absolute Gasteiger partial charge is 0.224 e. The number of nitrogens with two attached hydrogens (primary N) is 1. The zero-order chi connectivity index (χ0) is 12.1. The third-order valence-corrected chi connectivity index (χ3v) is 3.49. The maximum atomic E-state index is 12.0. The van der Waals surface area contributed by atoms with E-state index in [0.717, 1.165) is 25.8 Å². The fraction of sp³-hybridized carbons (Fsp3) is 0.917. The molecule has 0 bridgehead atoms. The van der Waals surface area contributed by atoms with Gasteiger partial charge in [0.05, 0.1) is 12.6 Å². The van der Waals surface area contributed by atoms with Crippen LogP contribution < -0.4 is 5.73 Å². The van der Waals surface area contributed by atoms with Gasteiger partial charge in [-0.25, -0.2) is 0 Å². The van der Waals surface area contributed by atoms with Crippen LogP contribution in [-0.4, -0.2) is 41.1 Å². The Morgan fingerprint density at radius 3 is 2.88 bits per heavy atom. The summed E-state index contributed by atoms with van der Waals surface area (Å²) in [5.41, 5.74) is 5.86. The number of aliphatic hydroxyl groups excluding tert-OH is 1. The number of nitrogens with zero attached hydrogens (tertiary/aromatic N) is 1. The Hall–Kier alpha value is -0.610. The van der Waals surface area contributed by atoms with E-state index >= 15 is 0 Å². The van der Waals surface area contributed by atoms with Gasteiger partial charge in [0.25, 0.3) is 0 Å². The van der Waals surface area contributed by atoms with Crippen molar-refractivity contribution in [1.82, 2.24) is 4.90 Å². The molecule has 0 saturated carbocycles. The molecular weight excluding hydrogens is 204 g/mol. The molecule has 1 saturated heterocycles. The topological polar surface area (TPSA) is 66.6 Å². The lowest BCUT2D eigenvalue weighted by molar-refractivity contribution is -0.133. The first kappa shape index (κ1) is 13.5. The largest absolute Gasteiger partial charge is 0.394 e. The van der Waals surface area contributed by atoms with Crippen molar-refractivity contribution in [2.45, 2.75) is 51.6 Å². The Morgan fingerprint density at radius 1 is 1.62 bits per heavy atom. The van der Waals surface area contributed by atoms with Crippen LogP contribution in [0.4, 0.5) is 0 Å². The van der Waals surface area contributed by atoms with E-state index in [2.05, 4.69) is 13.8 Å². The maximum absolute atomic E-state index is 12.0. The zero-order valence-electron chi connectivity index (χ0n) is 10.4. The van der Waals surface area contributed by atoms with E-state index in [4.69, 9.17) is 5.73 Å². The van der Waals surface area contributed by atoms with Crippen LogP contribution in [0.5, 0.6) is 0 Å². The highest BCUT2D eigenvalue weighted by Crippen LogP contribution is 2.24. The molecule has 3 atom stereocenters. The number of likely N-dealkylation sites (tertiary alicyclic amines) is 1. The summed E-state index contributed by atoms with van der Waals surface area (Å²) in [4.78, 5) is 13.8. The molecule has 0 radical (unpaired) electrons. The molecule has 16 heavy (non-hydrogen) atoms. The van der Waals surface area contributed by atoms with Gasteiger partial charge in [0.15, 0.2) is 0 Å². The van der Waals surface area contributed by atoms with Gasteiger partial charge in [-0.1, -0.05) is 20.3 Å². The molecule has 0 aromatic carbocycles. The van der Waals surface area contributed by atoms with Crippen molar-refractivity contribution in [2.24, 2.45) is 11.7 Å². The Kier molecular flexibility index (Phi) is 5.22. The Labute approximate surface area is 97.8 Å². The van der Waals surface area contributed by atoms with Crippen molar-refractivity contribution < 1.29 is 9.90 Å². The summed E-state index contributed by atoms with van der Waals surface area (Å²) in [6.07, 6.45) is 3.30. The average molecular weight is 228 g/mol. The molecule has 1 rings (SSSR count). The summed E-state index contributed by atoms with van der Waals surface area (Å²) in [7, 11) is 0. The fourth-order valence-corrected chi connectivity index (χ4v) is 2.41. The van der Waals surface area contributed by atoms with Crippen LogP contribution in [-0.2, 0) is 4.79 Å². The summed E-state index contributed by atoms with van der Waals surface area (Å²) in [6, 6.07) is -0.0333. The lowest BCUT2D eigenvalue weighted by atomic mass is 10.0. The first-order valence-corrected chi connectivity index (χ1v) is 6.26. The molecule has 3 unspecified atom stereocenters. The molecule has 0 spiro atoms. The fourth-order valence-electron chi connectivity index (χ4n) is 2.41. The van der Waals surface area contributed by atoms with E-state index in [1.807, 2.05) is 0 Å². The number of hydrogen-bond acceptors (Lipinski definition) is 3. The second kappa shape index (κ2) is 6.21. The van der Waals surface area contributed by atoms with Crippen molar-refractivity contribution in [2.75, 3.05) is 13.2 Å². The van der Waals surface area contributed by atoms with Gasteiger partial charge in [-0.15, -0.1) is 0 Å². The van der Waals surface area contributed by atoms with Crippen LogP contribution in [0.1, 0.15) is 39.5 Å². The molecule has 3 N–H and O–H groups in total. The maximum Gasteiger partial charge on any atom is 0.224 e. The summed E-state index contributed by atoms with van der Waals surface area (Å²) >= 11 is 0. The van der Waals surface area contributed by atoms with E-state index in [0.29, 0.717) is 12.3 Å². The van der Waals surface area contributed by atoms with Gasteiger partial charge in [-0.05, 0) is 18.8 Å². The molecule has 0 aliphatic carbocycles. The van der Waals surface area contributed by atoms with Crippen LogP contribution in [0.15, 0.2) is 0 Å². The van der Waals surface area contributed by atoms with Gasteiger partial charge in [0, 0.05) is 19.0 Å². The molecule has 1 amide bonds.